The fourth-order valence-electron chi connectivity index (χ4n) is 3.31. The molecule has 2 N–H and O–H groups in total. The van der Waals surface area contributed by atoms with E-state index >= 15 is 0 Å². The molecular formula is C22H28N6. The summed E-state index contributed by atoms with van der Waals surface area (Å²) in [5.74, 6) is 1.12. The summed E-state index contributed by atoms with van der Waals surface area (Å²) < 4.78 is 0. The molecule has 28 heavy (non-hydrogen) atoms. The maximum atomic E-state index is 4.55. The van der Waals surface area contributed by atoms with Gasteiger partial charge in [0.2, 0.25) is 5.95 Å². The van der Waals surface area contributed by atoms with Gasteiger partial charge < -0.3 is 15.5 Å². The van der Waals surface area contributed by atoms with Gasteiger partial charge >= 0.3 is 0 Å². The third-order valence-corrected chi connectivity index (χ3v) is 4.64. The Balaban J connectivity index is 1.77. The second kappa shape index (κ2) is 8.69. The molecule has 3 aromatic rings. The molecule has 0 saturated heterocycles. The van der Waals surface area contributed by atoms with Gasteiger partial charge in [-0.3, -0.25) is 0 Å². The Kier molecular flexibility index (Phi) is 6.09. The van der Waals surface area contributed by atoms with E-state index in [1.807, 2.05) is 0 Å². The topological polar surface area (TPSA) is 66.0 Å². The Morgan fingerprint density at radius 3 is 2.25 bits per heavy atom. The molecule has 1 heterocycles. The van der Waals surface area contributed by atoms with E-state index in [-0.39, 0.29) is 0 Å². The van der Waals surface area contributed by atoms with Gasteiger partial charge in [0.15, 0.2) is 5.82 Å². The van der Waals surface area contributed by atoms with E-state index in [2.05, 4.69) is 102 Å². The lowest BCUT2D eigenvalue weighted by atomic mass is 10.1. The first-order valence-electron chi connectivity index (χ1n) is 9.66. The van der Waals surface area contributed by atoms with Gasteiger partial charge in [0.05, 0.1) is 6.20 Å². The monoisotopic (exact) mass is 376 g/mol. The summed E-state index contributed by atoms with van der Waals surface area (Å²) in [5.41, 5.74) is 6.72. The second-order valence-corrected chi connectivity index (χ2v) is 6.96. The smallest absolute Gasteiger partial charge is 0.249 e. The molecule has 0 saturated carbocycles. The Morgan fingerprint density at radius 1 is 0.893 bits per heavy atom. The van der Waals surface area contributed by atoms with Crippen molar-refractivity contribution in [2.24, 2.45) is 0 Å². The predicted molar refractivity (Wildman–Crippen MR) is 117 cm³/mol. The number of hydrogen-bond donors (Lipinski definition) is 2. The van der Waals surface area contributed by atoms with Crippen LogP contribution in [0.25, 0.3) is 0 Å². The van der Waals surface area contributed by atoms with E-state index in [1.54, 1.807) is 6.20 Å². The lowest BCUT2D eigenvalue weighted by molar-refractivity contribution is 0.865. The van der Waals surface area contributed by atoms with Crippen molar-refractivity contribution in [3.8, 4) is 0 Å². The van der Waals surface area contributed by atoms with Gasteiger partial charge in [-0.2, -0.15) is 10.1 Å². The Bertz CT molecular complexity index is 929. The van der Waals surface area contributed by atoms with Crippen LogP contribution in [0.3, 0.4) is 0 Å². The normalized spacial score (nSPS) is 10.6. The first-order valence-corrected chi connectivity index (χ1v) is 9.66. The van der Waals surface area contributed by atoms with Crippen LogP contribution in [0.15, 0.2) is 42.6 Å². The molecule has 0 aliphatic heterocycles. The first-order chi connectivity index (χ1) is 13.5. The molecule has 0 amide bonds. The molecule has 6 nitrogen and oxygen atoms in total. The quantitative estimate of drug-likeness (QED) is 0.596. The van der Waals surface area contributed by atoms with Gasteiger partial charge in [-0.1, -0.05) is 6.07 Å². The van der Waals surface area contributed by atoms with Crippen LogP contribution < -0.4 is 15.5 Å². The largest absolute Gasteiger partial charge is 0.372 e. The number of nitrogens with zero attached hydrogens (tertiary/aromatic N) is 4. The molecule has 0 bridgehead atoms. The summed E-state index contributed by atoms with van der Waals surface area (Å²) in [6.07, 6.45) is 1.62. The number of rotatable bonds is 7. The lowest BCUT2D eigenvalue weighted by Crippen LogP contribution is -2.21. The number of aromatic nitrogens is 3. The van der Waals surface area contributed by atoms with Gasteiger partial charge in [0.25, 0.3) is 0 Å². The zero-order valence-electron chi connectivity index (χ0n) is 17.2. The molecule has 146 valence electrons. The van der Waals surface area contributed by atoms with Crippen molar-refractivity contribution in [3.63, 3.8) is 0 Å². The van der Waals surface area contributed by atoms with E-state index in [0.29, 0.717) is 11.8 Å². The van der Waals surface area contributed by atoms with Gasteiger partial charge in [-0.05, 0) is 81.6 Å². The summed E-state index contributed by atoms with van der Waals surface area (Å²) in [5, 5.41) is 14.8. The van der Waals surface area contributed by atoms with Gasteiger partial charge in [0.1, 0.15) is 0 Å². The minimum atomic E-state index is 0.466. The number of benzene rings is 2. The van der Waals surface area contributed by atoms with Crippen LogP contribution in [0, 0.1) is 20.8 Å². The molecule has 6 heteroatoms. The van der Waals surface area contributed by atoms with E-state index in [9.17, 15) is 0 Å². The number of nitrogens with one attached hydrogen (secondary N) is 2. The Hall–Kier alpha value is -3.15. The summed E-state index contributed by atoms with van der Waals surface area (Å²) in [7, 11) is 0. The van der Waals surface area contributed by atoms with Crippen LogP contribution >= 0.6 is 0 Å². The van der Waals surface area contributed by atoms with Crippen molar-refractivity contribution < 1.29 is 0 Å². The van der Waals surface area contributed by atoms with Crippen molar-refractivity contribution in [1.29, 1.82) is 0 Å². The Labute approximate surface area is 167 Å². The van der Waals surface area contributed by atoms with Crippen LogP contribution in [0.1, 0.15) is 30.5 Å². The number of anilines is 5. The maximum absolute atomic E-state index is 4.55. The van der Waals surface area contributed by atoms with Gasteiger partial charge in [-0.25, -0.2) is 0 Å². The highest BCUT2D eigenvalue weighted by Crippen LogP contribution is 2.25. The van der Waals surface area contributed by atoms with Crippen LogP contribution in [0.2, 0.25) is 0 Å². The van der Waals surface area contributed by atoms with Gasteiger partial charge in [-0.15, -0.1) is 5.10 Å². The van der Waals surface area contributed by atoms with E-state index in [1.165, 1.54) is 16.8 Å². The Morgan fingerprint density at radius 2 is 1.61 bits per heavy atom. The standard InChI is InChI=1S/C22H28N6/c1-6-28(7-2)19-8-9-20(17(5)13-19)25-22-26-21(14-23-27-22)24-18-11-15(3)10-16(4)12-18/h8-14H,6-7H2,1-5H3,(H2,24,25,26,27). The molecule has 0 spiro atoms. The SMILES string of the molecule is CCN(CC)c1ccc(Nc2nncc(Nc3cc(C)cc(C)c3)n2)c(C)c1. The van der Waals surface area contributed by atoms with E-state index < -0.39 is 0 Å². The molecule has 0 unspecified atom stereocenters. The van der Waals surface area contributed by atoms with Crippen LogP contribution in [-0.4, -0.2) is 28.3 Å². The molecule has 1 aromatic heterocycles. The molecule has 0 fully saturated rings. The molecule has 0 radical (unpaired) electrons. The average molecular weight is 377 g/mol. The highest BCUT2D eigenvalue weighted by Gasteiger charge is 2.08. The summed E-state index contributed by atoms with van der Waals surface area (Å²) >= 11 is 0. The van der Waals surface area contributed by atoms with Crippen molar-refractivity contribution in [1.82, 2.24) is 15.2 Å². The zero-order chi connectivity index (χ0) is 20.1. The molecule has 2 aromatic carbocycles. The maximum Gasteiger partial charge on any atom is 0.249 e. The number of aryl methyl sites for hydroxylation is 3. The summed E-state index contributed by atoms with van der Waals surface area (Å²) in [4.78, 5) is 6.87. The van der Waals surface area contributed by atoms with Crippen molar-refractivity contribution in [2.45, 2.75) is 34.6 Å². The first kappa shape index (κ1) is 19.6. The molecule has 0 aliphatic rings. The van der Waals surface area contributed by atoms with Crippen molar-refractivity contribution in [2.75, 3.05) is 28.6 Å². The number of hydrogen-bond acceptors (Lipinski definition) is 6. The summed E-state index contributed by atoms with van der Waals surface area (Å²) in [6.45, 7) is 12.5. The molecule has 0 atom stereocenters. The predicted octanol–water partition coefficient (Wildman–Crippen LogP) is 5.13. The minimum Gasteiger partial charge on any atom is -0.372 e. The van der Waals surface area contributed by atoms with Crippen LogP contribution in [-0.2, 0) is 0 Å². The molecular weight excluding hydrogens is 348 g/mol. The van der Waals surface area contributed by atoms with Crippen LogP contribution in [0.4, 0.5) is 28.8 Å². The zero-order valence-corrected chi connectivity index (χ0v) is 17.2. The third-order valence-electron chi connectivity index (χ3n) is 4.64. The van der Waals surface area contributed by atoms with Crippen molar-refractivity contribution in [3.05, 3.63) is 59.3 Å². The van der Waals surface area contributed by atoms with Crippen LogP contribution in [0.5, 0.6) is 0 Å². The lowest BCUT2D eigenvalue weighted by Gasteiger charge is -2.22. The fraction of sp³-hybridized carbons (Fsp3) is 0.318. The molecule has 3 rings (SSSR count). The average Bonchev–Trinajstić information content (AvgIpc) is 2.64. The van der Waals surface area contributed by atoms with E-state index in [4.69, 9.17) is 0 Å². The molecule has 0 aliphatic carbocycles. The second-order valence-electron chi connectivity index (χ2n) is 6.96. The highest BCUT2D eigenvalue weighted by atomic mass is 15.3. The minimum absolute atomic E-state index is 0.466. The van der Waals surface area contributed by atoms with E-state index in [0.717, 1.165) is 30.0 Å². The third kappa shape index (κ3) is 4.76. The van der Waals surface area contributed by atoms with Gasteiger partial charge in [0, 0.05) is 30.2 Å². The fourth-order valence-corrected chi connectivity index (χ4v) is 3.31. The highest BCUT2D eigenvalue weighted by molar-refractivity contribution is 5.65. The van der Waals surface area contributed by atoms with Crippen molar-refractivity contribution >= 4 is 28.8 Å². The summed E-state index contributed by atoms with van der Waals surface area (Å²) in [6, 6.07) is 12.7.